The summed E-state index contributed by atoms with van der Waals surface area (Å²) in [4.78, 5) is 18.5. The van der Waals surface area contributed by atoms with E-state index in [1.165, 1.54) is 80.4 Å². The summed E-state index contributed by atoms with van der Waals surface area (Å²) in [6.07, 6.45) is 14.8. The number of benzene rings is 1. The van der Waals surface area contributed by atoms with Gasteiger partial charge in [-0.05, 0) is 101 Å². The van der Waals surface area contributed by atoms with Crippen LogP contribution in [0.4, 0.5) is 9.52 Å². The molecule has 40 heavy (non-hydrogen) atoms. The fourth-order valence-electron chi connectivity index (χ4n) is 8.60. The number of rotatable bonds is 7. The molecule has 1 N–H and O–H groups in total. The number of hydrogen-bond donors (Lipinski definition) is 1. The smallest absolute Gasteiger partial charge is 0.335 e. The number of halogens is 1. The SMILES string of the molecule is O=C(O)c1cc(F)c2nc(N3C4CC(OCc5c(C6CCC7(CC6)CC7)noc5C5CC5)C[C@@H]5CCC453)sc2c1. The van der Waals surface area contributed by atoms with Crippen LogP contribution in [-0.2, 0) is 11.3 Å². The van der Waals surface area contributed by atoms with E-state index in [1.807, 2.05) is 0 Å². The number of carboxylic acid groups (broad SMARTS) is 1. The standard InChI is InChI=1S/C31H34FN3O4S/c32-22-11-18(28(36)37)12-23-26(22)33-29(40-23)35-24-14-20(13-19-5-8-31(19,24)35)38-15-21-25(34-39-27(21)17-1-2-17)16-3-6-30(7-4-16)9-10-30/h11-12,16-17,19-20,24H,1-10,13-15H2,(H,36,37)/t19-,20?,24?,31?,35?/m0/s1. The average molecular weight is 564 g/mol. The molecule has 6 aliphatic rings. The van der Waals surface area contributed by atoms with Crippen molar-refractivity contribution in [3.05, 3.63) is 40.5 Å². The fraction of sp³-hybridized carbons (Fsp3) is 0.645. The van der Waals surface area contributed by atoms with Gasteiger partial charge < -0.3 is 19.3 Å². The highest BCUT2D eigenvalue weighted by molar-refractivity contribution is 7.22. The van der Waals surface area contributed by atoms with Gasteiger partial charge in [-0.15, -0.1) is 0 Å². The van der Waals surface area contributed by atoms with Crippen molar-refractivity contribution in [3.63, 3.8) is 0 Å². The molecule has 5 saturated carbocycles. The van der Waals surface area contributed by atoms with E-state index in [0.29, 0.717) is 40.5 Å². The van der Waals surface area contributed by atoms with Crippen molar-refractivity contribution in [2.45, 2.75) is 113 Å². The molecule has 4 atom stereocenters. The Hall–Kier alpha value is -2.52. The molecule has 3 heterocycles. The molecule has 1 aliphatic heterocycles. The van der Waals surface area contributed by atoms with Crippen molar-refractivity contribution in [1.29, 1.82) is 0 Å². The molecule has 0 amide bonds. The lowest BCUT2D eigenvalue weighted by Crippen LogP contribution is -2.46. The largest absolute Gasteiger partial charge is 0.478 e. The van der Waals surface area contributed by atoms with Gasteiger partial charge in [-0.25, -0.2) is 14.2 Å². The van der Waals surface area contributed by atoms with Gasteiger partial charge in [0.1, 0.15) is 11.3 Å². The predicted octanol–water partition coefficient (Wildman–Crippen LogP) is 7.15. The third-order valence-electron chi connectivity index (χ3n) is 11.4. The lowest BCUT2D eigenvalue weighted by Gasteiger charge is -2.42. The first kappa shape index (κ1) is 24.1. The topological polar surface area (TPSA) is 88.5 Å². The minimum absolute atomic E-state index is 0.0319. The lowest BCUT2D eigenvalue weighted by atomic mass is 9.64. The van der Waals surface area contributed by atoms with Gasteiger partial charge in [0.2, 0.25) is 0 Å². The molecule has 9 rings (SSSR count). The molecular formula is C31H34FN3O4S. The molecule has 0 radical (unpaired) electrons. The van der Waals surface area contributed by atoms with Gasteiger partial charge in [-0.2, -0.15) is 0 Å². The molecule has 1 aromatic carbocycles. The Labute approximate surface area is 236 Å². The maximum Gasteiger partial charge on any atom is 0.335 e. The summed E-state index contributed by atoms with van der Waals surface area (Å²) < 4.78 is 28.0. The number of aromatic carboxylic acids is 1. The van der Waals surface area contributed by atoms with Crippen LogP contribution in [0.2, 0.25) is 0 Å². The molecule has 6 fully saturated rings. The summed E-state index contributed by atoms with van der Waals surface area (Å²) in [5.41, 5.74) is 3.45. The average Bonchev–Trinajstić information content (AvgIpc) is 3.89. The molecule has 2 spiro atoms. The van der Waals surface area contributed by atoms with Gasteiger partial charge in [0.25, 0.3) is 0 Å². The van der Waals surface area contributed by atoms with Crippen LogP contribution < -0.4 is 4.90 Å². The van der Waals surface area contributed by atoms with Crippen molar-refractivity contribution in [2.75, 3.05) is 4.90 Å². The third-order valence-corrected chi connectivity index (χ3v) is 12.4. The number of carbonyl (C=O) groups is 1. The lowest BCUT2D eigenvalue weighted by molar-refractivity contribution is -0.0164. The summed E-state index contributed by atoms with van der Waals surface area (Å²) in [6.45, 7) is 0.591. The van der Waals surface area contributed by atoms with Crippen molar-refractivity contribution in [1.82, 2.24) is 10.1 Å². The van der Waals surface area contributed by atoms with Crippen LogP contribution in [0, 0.1) is 17.2 Å². The number of ether oxygens (including phenoxy) is 1. The molecule has 2 aromatic heterocycles. The second-order valence-corrected chi connectivity index (χ2v) is 14.6. The van der Waals surface area contributed by atoms with Crippen LogP contribution in [0.25, 0.3) is 10.2 Å². The molecule has 210 valence electrons. The van der Waals surface area contributed by atoms with Gasteiger partial charge >= 0.3 is 5.97 Å². The molecule has 7 nitrogen and oxygen atoms in total. The van der Waals surface area contributed by atoms with E-state index in [9.17, 15) is 14.3 Å². The summed E-state index contributed by atoms with van der Waals surface area (Å²) in [7, 11) is 0. The van der Waals surface area contributed by atoms with Crippen molar-refractivity contribution in [2.24, 2.45) is 11.3 Å². The molecule has 3 aromatic rings. The number of aromatic nitrogens is 2. The Balaban J connectivity index is 0.932. The number of thiazole rings is 1. The highest BCUT2D eigenvalue weighted by Crippen LogP contribution is 2.67. The molecule has 9 heteroatoms. The zero-order valence-corrected chi connectivity index (χ0v) is 23.4. The van der Waals surface area contributed by atoms with Crippen LogP contribution in [-0.4, -0.2) is 38.9 Å². The van der Waals surface area contributed by atoms with E-state index in [4.69, 9.17) is 9.26 Å². The summed E-state index contributed by atoms with van der Waals surface area (Å²) in [5.74, 6) is 0.981. The minimum Gasteiger partial charge on any atom is -0.478 e. The Bertz CT molecular complexity index is 1530. The van der Waals surface area contributed by atoms with Crippen LogP contribution >= 0.6 is 11.3 Å². The molecular weight excluding hydrogens is 529 g/mol. The molecule has 0 bridgehead atoms. The van der Waals surface area contributed by atoms with E-state index in [1.54, 1.807) is 6.07 Å². The van der Waals surface area contributed by atoms with Crippen LogP contribution in [0.3, 0.4) is 0 Å². The van der Waals surface area contributed by atoms with Crippen molar-refractivity contribution in [3.8, 4) is 0 Å². The van der Waals surface area contributed by atoms with Crippen molar-refractivity contribution < 1.29 is 23.6 Å². The zero-order valence-electron chi connectivity index (χ0n) is 22.5. The number of hydrogen-bond acceptors (Lipinski definition) is 7. The van der Waals surface area contributed by atoms with Crippen molar-refractivity contribution >= 4 is 32.7 Å². The zero-order chi connectivity index (χ0) is 26.8. The quantitative estimate of drug-likeness (QED) is 0.305. The second kappa shape index (κ2) is 8.28. The van der Waals surface area contributed by atoms with Gasteiger partial charge in [0, 0.05) is 17.4 Å². The number of nitrogens with zero attached hydrogens (tertiary/aromatic N) is 3. The van der Waals surface area contributed by atoms with Gasteiger partial charge in [-0.1, -0.05) is 16.5 Å². The maximum absolute atomic E-state index is 14.7. The van der Waals surface area contributed by atoms with E-state index < -0.39 is 11.8 Å². The predicted molar refractivity (Wildman–Crippen MR) is 147 cm³/mol. The third kappa shape index (κ3) is 3.52. The van der Waals surface area contributed by atoms with Crippen LogP contribution in [0.1, 0.15) is 116 Å². The summed E-state index contributed by atoms with van der Waals surface area (Å²) in [5, 5.41) is 14.8. The fourth-order valence-corrected chi connectivity index (χ4v) is 9.76. The highest BCUT2D eigenvalue weighted by Gasteiger charge is 2.73. The first-order valence-corrected chi connectivity index (χ1v) is 16.0. The molecule has 5 aliphatic carbocycles. The Morgan fingerprint density at radius 3 is 2.62 bits per heavy atom. The second-order valence-electron chi connectivity index (χ2n) is 13.6. The van der Waals surface area contributed by atoms with Crippen LogP contribution in [0.5, 0.6) is 0 Å². The highest BCUT2D eigenvalue weighted by atomic mass is 32.1. The minimum atomic E-state index is -1.12. The number of carboxylic acids is 1. The normalized spacial score (nSPS) is 32.1. The van der Waals surface area contributed by atoms with Gasteiger partial charge in [-0.3, -0.25) is 0 Å². The molecule has 1 saturated heterocycles. The van der Waals surface area contributed by atoms with E-state index >= 15 is 0 Å². The summed E-state index contributed by atoms with van der Waals surface area (Å²) >= 11 is 1.41. The number of fused-ring (bicyclic) bond motifs is 1. The Morgan fingerprint density at radius 2 is 1.93 bits per heavy atom. The first-order valence-electron chi connectivity index (χ1n) is 15.2. The first-order chi connectivity index (χ1) is 19.4. The number of anilines is 1. The van der Waals surface area contributed by atoms with Gasteiger partial charge in [0.05, 0.1) is 40.2 Å². The van der Waals surface area contributed by atoms with E-state index in [-0.39, 0.29) is 22.7 Å². The maximum atomic E-state index is 14.7. The molecule has 3 unspecified atom stereocenters. The monoisotopic (exact) mass is 563 g/mol. The van der Waals surface area contributed by atoms with E-state index in [0.717, 1.165) is 36.2 Å². The Kier molecular flexibility index (Phi) is 4.99. The Morgan fingerprint density at radius 1 is 1.10 bits per heavy atom. The van der Waals surface area contributed by atoms with E-state index in [2.05, 4.69) is 15.0 Å². The summed E-state index contributed by atoms with van der Waals surface area (Å²) in [6, 6.07) is 2.97. The van der Waals surface area contributed by atoms with Gasteiger partial charge in [0.15, 0.2) is 10.9 Å². The van der Waals surface area contributed by atoms with Crippen LogP contribution in [0.15, 0.2) is 16.7 Å².